The number of hydrogen-bond donors (Lipinski definition) is 0. The van der Waals surface area contributed by atoms with Crippen molar-refractivity contribution in [2.75, 3.05) is 0 Å². The van der Waals surface area contributed by atoms with E-state index in [-0.39, 0.29) is 6.03 Å². The molecule has 0 aromatic heterocycles. The molecule has 0 spiro atoms. The van der Waals surface area contributed by atoms with Crippen molar-refractivity contribution in [1.82, 2.24) is 0 Å². The number of carbonyl (C=O) groups is 1. The number of rotatable bonds is 11. The molecule has 120 valence electrons. The second-order valence-corrected chi connectivity index (χ2v) is 6.26. The quantitative estimate of drug-likeness (QED) is 0.554. The van der Waals surface area contributed by atoms with Gasteiger partial charge in [0.05, 0.1) is 10.7 Å². The maximum atomic E-state index is 11.1. The summed E-state index contributed by atoms with van der Waals surface area (Å²) < 4.78 is 0. The van der Waals surface area contributed by atoms with Crippen LogP contribution in [0.3, 0.4) is 0 Å². The van der Waals surface area contributed by atoms with Gasteiger partial charge in [0.25, 0.3) is 0 Å². The standard InChI is InChI=1S/C19H28N2O/c1-2-3-4-5-6-7-8-9-10-11-12-16-13-14-17-18(15-16)21-19(22)20-17/h13-15H,2-12H2,1H3. The van der Waals surface area contributed by atoms with Gasteiger partial charge in [-0.2, -0.15) is 9.98 Å². The SMILES string of the molecule is CCCCCCCCCCCCc1ccc2c(c1)=NC(=O)N=2. The van der Waals surface area contributed by atoms with E-state index in [9.17, 15) is 4.79 Å². The van der Waals surface area contributed by atoms with Crippen molar-refractivity contribution in [3.8, 4) is 0 Å². The van der Waals surface area contributed by atoms with Crippen LogP contribution in [0, 0.1) is 0 Å². The number of urea groups is 1. The Morgan fingerprint density at radius 1 is 0.773 bits per heavy atom. The van der Waals surface area contributed by atoms with E-state index in [1.54, 1.807) is 0 Å². The summed E-state index contributed by atoms with van der Waals surface area (Å²) in [5.74, 6) is 0. The van der Waals surface area contributed by atoms with Gasteiger partial charge in [0.2, 0.25) is 0 Å². The van der Waals surface area contributed by atoms with E-state index in [1.165, 1.54) is 69.8 Å². The van der Waals surface area contributed by atoms with Gasteiger partial charge in [0, 0.05) is 0 Å². The molecule has 0 radical (unpaired) electrons. The van der Waals surface area contributed by atoms with Gasteiger partial charge in [-0.1, -0.05) is 70.8 Å². The zero-order valence-corrected chi connectivity index (χ0v) is 13.8. The van der Waals surface area contributed by atoms with Crippen LogP contribution in [0.1, 0.15) is 76.7 Å². The highest BCUT2D eigenvalue weighted by Gasteiger charge is 2.05. The molecule has 2 amide bonds. The van der Waals surface area contributed by atoms with E-state index >= 15 is 0 Å². The summed E-state index contributed by atoms with van der Waals surface area (Å²) in [5.41, 5.74) is 1.27. The van der Waals surface area contributed by atoms with Crippen molar-refractivity contribution in [1.29, 1.82) is 0 Å². The predicted molar refractivity (Wildman–Crippen MR) is 89.7 cm³/mol. The summed E-state index contributed by atoms with van der Waals surface area (Å²) in [5, 5.41) is 1.46. The fourth-order valence-corrected chi connectivity index (χ4v) is 2.96. The molecule has 0 atom stereocenters. The Bertz CT molecular complexity index is 592. The number of fused-ring (bicyclic) bond motifs is 1. The van der Waals surface area contributed by atoms with Crippen molar-refractivity contribution >= 4 is 6.03 Å². The number of carbonyl (C=O) groups excluding carboxylic acids is 1. The van der Waals surface area contributed by atoms with E-state index in [1.807, 2.05) is 12.1 Å². The first-order valence-corrected chi connectivity index (χ1v) is 8.90. The van der Waals surface area contributed by atoms with Gasteiger partial charge in [-0.05, 0) is 30.5 Å². The Labute approximate surface area is 133 Å². The molecule has 0 saturated carbocycles. The Hall–Kier alpha value is -1.51. The fourth-order valence-electron chi connectivity index (χ4n) is 2.96. The van der Waals surface area contributed by atoms with Gasteiger partial charge in [0.1, 0.15) is 0 Å². The minimum atomic E-state index is -0.369. The highest BCUT2D eigenvalue weighted by atomic mass is 16.2. The molecule has 3 heteroatoms. The van der Waals surface area contributed by atoms with E-state index < -0.39 is 0 Å². The lowest BCUT2D eigenvalue weighted by molar-refractivity contribution is 0.256. The molecule has 0 aliphatic carbocycles. The Morgan fingerprint density at radius 2 is 1.36 bits per heavy atom. The van der Waals surface area contributed by atoms with Crippen LogP contribution in [0.2, 0.25) is 0 Å². The lowest BCUT2D eigenvalue weighted by Crippen LogP contribution is -2.21. The minimum Gasteiger partial charge on any atom is -0.244 e. The molecule has 1 heterocycles. The van der Waals surface area contributed by atoms with Crippen LogP contribution in [0.25, 0.3) is 0 Å². The highest BCUT2D eigenvalue weighted by molar-refractivity contribution is 5.77. The van der Waals surface area contributed by atoms with E-state index in [4.69, 9.17) is 0 Å². The van der Waals surface area contributed by atoms with Crippen molar-refractivity contribution in [3.63, 3.8) is 0 Å². The molecule has 2 rings (SSSR count). The second-order valence-electron chi connectivity index (χ2n) is 6.26. The molecular weight excluding hydrogens is 272 g/mol. The molecule has 3 nitrogen and oxygen atoms in total. The highest BCUT2D eigenvalue weighted by Crippen LogP contribution is 2.11. The zero-order valence-electron chi connectivity index (χ0n) is 13.8. The summed E-state index contributed by atoms with van der Waals surface area (Å²) in [7, 11) is 0. The number of benzene rings is 1. The van der Waals surface area contributed by atoms with Crippen molar-refractivity contribution < 1.29 is 4.79 Å². The summed E-state index contributed by atoms with van der Waals surface area (Å²) in [6.07, 6.45) is 14.7. The molecule has 0 saturated heterocycles. The molecule has 0 unspecified atom stereocenters. The summed E-state index contributed by atoms with van der Waals surface area (Å²) in [4.78, 5) is 18.9. The summed E-state index contributed by atoms with van der Waals surface area (Å²) >= 11 is 0. The normalized spacial score (nSPS) is 12.9. The minimum absolute atomic E-state index is 0.369. The van der Waals surface area contributed by atoms with Gasteiger partial charge in [-0.25, -0.2) is 4.79 Å². The molecule has 1 aromatic carbocycles. The van der Waals surface area contributed by atoms with Crippen LogP contribution in [-0.4, -0.2) is 6.03 Å². The Balaban J connectivity index is 1.55. The zero-order chi connectivity index (χ0) is 15.6. The molecular formula is C19H28N2O. The largest absolute Gasteiger partial charge is 0.368 e. The molecule has 1 aliphatic heterocycles. The predicted octanol–water partition coefficient (Wildman–Crippen LogP) is 4.52. The third kappa shape index (κ3) is 5.70. The molecule has 1 aliphatic rings. The first-order valence-electron chi connectivity index (χ1n) is 8.90. The maximum Gasteiger partial charge on any atom is 0.368 e. The molecule has 0 N–H and O–H groups in total. The number of amides is 2. The van der Waals surface area contributed by atoms with E-state index in [0.29, 0.717) is 0 Å². The van der Waals surface area contributed by atoms with Crippen LogP contribution in [0.5, 0.6) is 0 Å². The van der Waals surface area contributed by atoms with Crippen LogP contribution < -0.4 is 10.7 Å². The van der Waals surface area contributed by atoms with E-state index in [2.05, 4.69) is 23.0 Å². The monoisotopic (exact) mass is 300 g/mol. The van der Waals surface area contributed by atoms with Crippen molar-refractivity contribution in [2.24, 2.45) is 9.98 Å². The molecule has 0 fully saturated rings. The van der Waals surface area contributed by atoms with Crippen LogP contribution in [0.15, 0.2) is 28.2 Å². The van der Waals surface area contributed by atoms with Gasteiger partial charge in [-0.3, -0.25) is 0 Å². The lowest BCUT2D eigenvalue weighted by Gasteiger charge is -2.03. The van der Waals surface area contributed by atoms with Gasteiger partial charge in [-0.15, -0.1) is 0 Å². The third-order valence-corrected chi connectivity index (χ3v) is 4.29. The van der Waals surface area contributed by atoms with Crippen LogP contribution in [-0.2, 0) is 6.42 Å². The van der Waals surface area contributed by atoms with Crippen molar-refractivity contribution in [2.45, 2.75) is 77.6 Å². The molecule has 0 bridgehead atoms. The first-order chi connectivity index (χ1) is 10.8. The first kappa shape index (κ1) is 16.9. The third-order valence-electron chi connectivity index (χ3n) is 4.29. The van der Waals surface area contributed by atoms with Gasteiger partial charge < -0.3 is 0 Å². The average Bonchev–Trinajstić information content (AvgIpc) is 2.88. The number of nitrogens with zero attached hydrogens (tertiary/aromatic N) is 2. The smallest absolute Gasteiger partial charge is 0.244 e. The molecule has 1 aromatic rings. The Morgan fingerprint density at radius 3 is 2.05 bits per heavy atom. The lowest BCUT2D eigenvalue weighted by atomic mass is 10.0. The topological polar surface area (TPSA) is 41.8 Å². The number of aryl methyl sites for hydroxylation is 1. The van der Waals surface area contributed by atoms with Crippen molar-refractivity contribution in [3.05, 3.63) is 34.5 Å². The van der Waals surface area contributed by atoms with Crippen LogP contribution >= 0.6 is 0 Å². The molecule has 22 heavy (non-hydrogen) atoms. The maximum absolute atomic E-state index is 11.1. The van der Waals surface area contributed by atoms with Gasteiger partial charge in [0.15, 0.2) is 0 Å². The fraction of sp³-hybridized carbons (Fsp3) is 0.632. The van der Waals surface area contributed by atoms with Gasteiger partial charge >= 0.3 is 6.03 Å². The average molecular weight is 300 g/mol. The number of hydrogen-bond acceptors (Lipinski definition) is 1. The number of unbranched alkanes of at least 4 members (excludes halogenated alkanes) is 9. The summed E-state index contributed by atoms with van der Waals surface area (Å²) in [6, 6.07) is 5.63. The summed E-state index contributed by atoms with van der Waals surface area (Å²) in [6.45, 7) is 2.27. The van der Waals surface area contributed by atoms with Crippen LogP contribution in [0.4, 0.5) is 4.79 Å². The van der Waals surface area contributed by atoms with E-state index in [0.717, 1.165) is 17.1 Å². The second kappa shape index (κ2) is 9.50. The Kier molecular flexibility index (Phi) is 7.27.